The van der Waals surface area contributed by atoms with E-state index in [0.717, 1.165) is 25.0 Å². The minimum Gasteiger partial charge on any atom is -0.377 e. The summed E-state index contributed by atoms with van der Waals surface area (Å²) in [5, 5.41) is 0. The van der Waals surface area contributed by atoms with E-state index in [0.29, 0.717) is 24.4 Å². The van der Waals surface area contributed by atoms with Crippen molar-refractivity contribution in [1.29, 1.82) is 0 Å². The van der Waals surface area contributed by atoms with Crippen LogP contribution in [0.5, 0.6) is 0 Å². The Labute approximate surface area is 206 Å². The van der Waals surface area contributed by atoms with Crippen molar-refractivity contribution in [2.45, 2.75) is 64.4 Å². The van der Waals surface area contributed by atoms with Crippen LogP contribution in [0.15, 0.2) is 71.6 Å². The van der Waals surface area contributed by atoms with Gasteiger partial charge in [-0.3, -0.25) is 4.18 Å². The van der Waals surface area contributed by atoms with Gasteiger partial charge in [0.2, 0.25) is 0 Å². The van der Waals surface area contributed by atoms with Crippen LogP contribution in [0.2, 0.25) is 0 Å². The molecular formula is C29H40O4S. The molecule has 1 aliphatic carbocycles. The summed E-state index contributed by atoms with van der Waals surface area (Å²) in [5.41, 5.74) is 2.25. The third-order valence-electron chi connectivity index (χ3n) is 6.87. The molecule has 0 N–H and O–H groups in total. The smallest absolute Gasteiger partial charge is 0.296 e. The highest BCUT2D eigenvalue weighted by Gasteiger charge is 2.26. The average Bonchev–Trinajstić information content (AvgIpc) is 3.30. The van der Waals surface area contributed by atoms with Crippen LogP contribution in [0.25, 0.3) is 0 Å². The summed E-state index contributed by atoms with van der Waals surface area (Å²) in [4.78, 5) is 0.227. The molecule has 0 fully saturated rings. The Bertz CT molecular complexity index is 983. The number of benzene rings is 2. The van der Waals surface area contributed by atoms with Gasteiger partial charge < -0.3 is 4.74 Å². The molecule has 0 amide bonds. The number of rotatable bonds is 14. The van der Waals surface area contributed by atoms with Crippen LogP contribution in [0.1, 0.15) is 57.1 Å². The molecule has 3 rings (SSSR count). The number of hydrogen-bond donors (Lipinski definition) is 0. The molecule has 4 nitrogen and oxygen atoms in total. The first kappa shape index (κ1) is 26.7. The van der Waals surface area contributed by atoms with Crippen LogP contribution >= 0.6 is 0 Å². The lowest BCUT2D eigenvalue weighted by Gasteiger charge is -2.19. The number of allylic oxidation sites excluding steroid dienone is 2. The topological polar surface area (TPSA) is 52.6 Å². The Morgan fingerprint density at radius 3 is 2.44 bits per heavy atom. The molecule has 2 aromatic carbocycles. The van der Waals surface area contributed by atoms with Crippen molar-refractivity contribution < 1.29 is 17.3 Å². The van der Waals surface area contributed by atoms with E-state index in [9.17, 15) is 8.42 Å². The van der Waals surface area contributed by atoms with E-state index in [2.05, 4.69) is 38.1 Å². The summed E-state index contributed by atoms with van der Waals surface area (Å²) in [7, 11) is -3.70. The first-order valence-electron chi connectivity index (χ1n) is 12.6. The van der Waals surface area contributed by atoms with Crippen molar-refractivity contribution in [2.24, 2.45) is 23.7 Å². The maximum absolute atomic E-state index is 12.4. The van der Waals surface area contributed by atoms with Crippen molar-refractivity contribution in [3.63, 3.8) is 0 Å². The van der Waals surface area contributed by atoms with Crippen LogP contribution in [0.3, 0.4) is 0 Å². The van der Waals surface area contributed by atoms with E-state index in [4.69, 9.17) is 8.92 Å². The standard InChI is InChI=1S/C29H40O4S/c1-23(18-19-32-22-27-9-5-4-6-10-27)8-7-11-26-14-15-28(20-26)25(3)21-33-34(30,31)29-16-12-24(2)13-17-29/h4-6,9-10,12-17,23,25-26,28H,7-8,11,18-22H2,1-3H3/t23-,25-,26+,28+/m1/s1. The van der Waals surface area contributed by atoms with Crippen LogP contribution in [-0.2, 0) is 25.6 Å². The molecule has 0 aliphatic heterocycles. The van der Waals surface area contributed by atoms with Crippen LogP contribution in [0.4, 0.5) is 0 Å². The fourth-order valence-electron chi connectivity index (χ4n) is 4.46. The first-order valence-corrected chi connectivity index (χ1v) is 14.0. The Hall–Kier alpha value is -1.95. The minimum atomic E-state index is -3.70. The molecule has 1 aliphatic rings. The monoisotopic (exact) mass is 484 g/mol. The van der Waals surface area contributed by atoms with Crippen LogP contribution in [-0.4, -0.2) is 21.6 Å². The normalized spacial score (nSPS) is 19.9. The molecule has 0 unspecified atom stereocenters. The second kappa shape index (κ2) is 13.2. The molecule has 0 radical (unpaired) electrons. The van der Waals surface area contributed by atoms with Gasteiger partial charge in [0.05, 0.1) is 18.1 Å². The third kappa shape index (κ3) is 8.68. The van der Waals surface area contributed by atoms with Gasteiger partial charge in [0.1, 0.15) is 0 Å². The van der Waals surface area contributed by atoms with Gasteiger partial charge in [-0.05, 0) is 67.6 Å². The van der Waals surface area contributed by atoms with Gasteiger partial charge in [-0.15, -0.1) is 0 Å². The molecule has 0 saturated carbocycles. The van der Waals surface area contributed by atoms with Gasteiger partial charge in [0.25, 0.3) is 10.1 Å². The maximum Gasteiger partial charge on any atom is 0.296 e. The molecular weight excluding hydrogens is 444 g/mol. The maximum atomic E-state index is 12.4. The van der Waals surface area contributed by atoms with Gasteiger partial charge in [0.15, 0.2) is 0 Å². The molecule has 2 aromatic rings. The second-order valence-corrected chi connectivity index (χ2v) is 11.6. The Morgan fingerprint density at radius 2 is 1.71 bits per heavy atom. The molecule has 5 heteroatoms. The summed E-state index contributed by atoms with van der Waals surface area (Å²) < 4.78 is 36.1. The van der Waals surface area contributed by atoms with Gasteiger partial charge in [-0.2, -0.15) is 8.42 Å². The highest BCUT2D eigenvalue weighted by atomic mass is 32.2. The summed E-state index contributed by atoms with van der Waals surface area (Å²) >= 11 is 0. The lowest BCUT2D eigenvalue weighted by molar-refractivity contribution is 0.107. The van der Waals surface area contributed by atoms with E-state index in [-0.39, 0.29) is 17.4 Å². The highest BCUT2D eigenvalue weighted by Crippen LogP contribution is 2.33. The predicted molar refractivity (Wildman–Crippen MR) is 138 cm³/mol. The molecule has 0 heterocycles. The predicted octanol–water partition coefficient (Wildman–Crippen LogP) is 6.94. The van der Waals surface area contributed by atoms with Crippen molar-refractivity contribution in [3.05, 3.63) is 77.9 Å². The van der Waals surface area contributed by atoms with Crippen molar-refractivity contribution in [3.8, 4) is 0 Å². The van der Waals surface area contributed by atoms with Crippen molar-refractivity contribution in [1.82, 2.24) is 0 Å². The van der Waals surface area contributed by atoms with E-state index < -0.39 is 10.1 Å². The summed E-state index contributed by atoms with van der Waals surface area (Å²) in [6.07, 6.45) is 10.4. The third-order valence-corrected chi connectivity index (χ3v) is 8.17. The molecule has 0 spiro atoms. The van der Waals surface area contributed by atoms with Crippen LogP contribution in [0, 0.1) is 30.6 Å². The zero-order valence-corrected chi connectivity index (χ0v) is 21.7. The van der Waals surface area contributed by atoms with Gasteiger partial charge in [0, 0.05) is 6.61 Å². The van der Waals surface area contributed by atoms with Gasteiger partial charge in [-0.1, -0.05) is 86.9 Å². The van der Waals surface area contributed by atoms with Crippen molar-refractivity contribution >= 4 is 10.1 Å². The number of ether oxygens (including phenoxy) is 1. The molecule has 0 bridgehead atoms. The zero-order valence-electron chi connectivity index (χ0n) is 20.9. The zero-order chi connectivity index (χ0) is 24.4. The summed E-state index contributed by atoms with van der Waals surface area (Å²) in [6, 6.07) is 17.1. The average molecular weight is 485 g/mol. The Kier molecular flexibility index (Phi) is 10.4. The largest absolute Gasteiger partial charge is 0.377 e. The fraction of sp³-hybridized carbons (Fsp3) is 0.517. The highest BCUT2D eigenvalue weighted by molar-refractivity contribution is 7.86. The number of aryl methyl sites for hydroxylation is 1. The Balaban J connectivity index is 1.28. The Morgan fingerprint density at radius 1 is 0.971 bits per heavy atom. The number of hydrogen-bond acceptors (Lipinski definition) is 4. The molecule has 0 saturated heterocycles. The van der Waals surface area contributed by atoms with Crippen LogP contribution < -0.4 is 0 Å². The van der Waals surface area contributed by atoms with E-state index >= 15 is 0 Å². The summed E-state index contributed by atoms with van der Waals surface area (Å²) in [6.45, 7) is 8.05. The lowest BCUT2D eigenvalue weighted by atomic mass is 9.89. The second-order valence-electron chi connectivity index (χ2n) is 9.94. The van der Waals surface area contributed by atoms with Gasteiger partial charge in [-0.25, -0.2) is 0 Å². The summed E-state index contributed by atoms with van der Waals surface area (Å²) in [5.74, 6) is 1.79. The molecule has 34 heavy (non-hydrogen) atoms. The lowest BCUT2D eigenvalue weighted by Crippen LogP contribution is -2.18. The van der Waals surface area contributed by atoms with E-state index in [1.165, 1.54) is 24.8 Å². The SMILES string of the molecule is Cc1ccc(S(=O)(=O)OC[C@@H](C)[C@H]2C=C[C@H](CCC[C@@H](C)CCOCc3ccccc3)C2)cc1. The van der Waals surface area contributed by atoms with Gasteiger partial charge >= 0.3 is 0 Å². The van der Waals surface area contributed by atoms with E-state index in [1.807, 2.05) is 25.1 Å². The molecule has 0 aromatic heterocycles. The molecule has 4 atom stereocenters. The van der Waals surface area contributed by atoms with E-state index in [1.54, 1.807) is 24.3 Å². The molecule has 186 valence electrons. The van der Waals surface area contributed by atoms with Crippen molar-refractivity contribution in [2.75, 3.05) is 13.2 Å². The fourth-order valence-corrected chi connectivity index (χ4v) is 5.46. The minimum absolute atomic E-state index is 0.169. The first-order chi connectivity index (χ1) is 16.3. The quantitative estimate of drug-likeness (QED) is 0.165.